The maximum atomic E-state index is 10.9. The molecule has 6 nitrogen and oxygen atoms in total. The first-order chi connectivity index (χ1) is 9.72. The van der Waals surface area contributed by atoms with Crippen molar-refractivity contribution in [2.24, 2.45) is 0 Å². The van der Waals surface area contributed by atoms with Crippen molar-refractivity contribution in [3.63, 3.8) is 0 Å². The molecule has 6 heteroatoms. The monoisotopic (exact) mass is 268 g/mol. The molecule has 1 heterocycles. The largest absolute Gasteiger partial charge is 0.486 e. The fourth-order valence-electron chi connectivity index (χ4n) is 1.92. The van der Waals surface area contributed by atoms with Gasteiger partial charge in [-0.1, -0.05) is 18.2 Å². The Kier molecular flexibility index (Phi) is 3.12. The van der Waals surface area contributed by atoms with E-state index in [0.29, 0.717) is 11.6 Å². The summed E-state index contributed by atoms with van der Waals surface area (Å²) in [6.07, 6.45) is 0. The summed E-state index contributed by atoms with van der Waals surface area (Å²) in [4.78, 5) is 10.9. The number of ether oxygens (including phenoxy) is 1. The van der Waals surface area contributed by atoms with E-state index < -0.39 is 0 Å². The molecule has 2 aromatic carbocycles. The van der Waals surface area contributed by atoms with E-state index in [9.17, 15) is 4.79 Å². The summed E-state index contributed by atoms with van der Waals surface area (Å²) < 4.78 is 5.39. The Bertz CT molecular complexity index is 753. The van der Waals surface area contributed by atoms with Crippen molar-refractivity contribution in [1.82, 2.24) is 20.6 Å². The van der Waals surface area contributed by atoms with Crippen LogP contribution in [0, 0.1) is 0 Å². The van der Waals surface area contributed by atoms with E-state index in [0.717, 1.165) is 16.3 Å². The number of tetrazole rings is 1. The maximum Gasteiger partial charge on any atom is 0.204 e. The van der Waals surface area contributed by atoms with Gasteiger partial charge in [0.25, 0.3) is 0 Å². The molecule has 0 atom stereocenters. The number of nitrogens with one attached hydrogen (secondary N) is 1. The number of aromatic nitrogens is 4. The number of fused-ring (bicyclic) bond motifs is 1. The van der Waals surface area contributed by atoms with Crippen LogP contribution >= 0.6 is 0 Å². The van der Waals surface area contributed by atoms with Gasteiger partial charge in [0.1, 0.15) is 12.4 Å². The number of aromatic amines is 1. The maximum absolute atomic E-state index is 10.9. The van der Waals surface area contributed by atoms with Crippen LogP contribution in [-0.2, 0) is 4.79 Å². The van der Waals surface area contributed by atoms with Crippen LogP contribution in [0.3, 0.4) is 0 Å². The third-order valence-corrected chi connectivity index (χ3v) is 2.86. The lowest BCUT2D eigenvalue weighted by atomic mass is 10.1. The van der Waals surface area contributed by atoms with Gasteiger partial charge in [0.05, 0.1) is 0 Å². The summed E-state index contributed by atoms with van der Waals surface area (Å²) in [6.45, 7) is 1.59. The van der Waals surface area contributed by atoms with Gasteiger partial charge < -0.3 is 4.74 Å². The molecular formula is C14H12N4O2. The zero-order valence-electron chi connectivity index (χ0n) is 10.8. The molecule has 0 saturated heterocycles. The molecule has 0 aliphatic rings. The van der Waals surface area contributed by atoms with Gasteiger partial charge in [-0.3, -0.25) is 4.79 Å². The van der Waals surface area contributed by atoms with Crippen molar-refractivity contribution >= 4 is 16.6 Å². The normalized spacial score (nSPS) is 10.7. The second-order valence-corrected chi connectivity index (χ2v) is 4.45. The summed E-state index contributed by atoms with van der Waals surface area (Å²) in [6, 6.07) is 11.5. The summed E-state index contributed by atoms with van der Waals surface area (Å²) in [5.74, 6) is 1.24. The van der Waals surface area contributed by atoms with Gasteiger partial charge in [0.2, 0.25) is 5.82 Å². The molecule has 0 radical (unpaired) electrons. The van der Waals surface area contributed by atoms with Crippen molar-refractivity contribution in [1.29, 1.82) is 0 Å². The van der Waals surface area contributed by atoms with E-state index >= 15 is 0 Å². The summed E-state index contributed by atoms with van der Waals surface area (Å²) in [5.41, 5.74) is 0.892. The Labute approximate surface area is 114 Å². The number of carbonyl (C=O) groups excluding carboxylic acids is 1. The number of rotatable bonds is 4. The predicted molar refractivity (Wildman–Crippen MR) is 73.3 cm³/mol. The van der Waals surface area contributed by atoms with Crippen LogP contribution in [-0.4, -0.2) is 33.0 Å². The quantitative estimate of drug-likeness (QED) is 0.782. The van der Waals surface area contributed by atoms with Gasteiger partial charge in [-0.15, -0.1) is 10.2 Å². The summed E-state index contributed by atoms with van der Waals surface area (Å²) in [5, 5.41) is 15.9. The Morgan fingerprint density at radius 2 is 2.00 bits per heavy atom. The SMILES string of the molecule is CC(=O)COc1ccc2cc(-c3nn[nH]n3)ccc2c1. The van der Waals surface area contributed by atoms with Crippen LogP contribution in [0.15, 0.2) is 36.4 Å². The van der Waals surface area contributed by atoms with Gasteiger partial charge in [0, 0.05) is 5.56 Å². The van der Waals surface area contributed by atoms with E-state index in [1.54, 1.807) is 0 Å². The molecule has 0 aliphatic heterocycles. The molecule has 0 fully saturated rings. The van der Waals surface area contributed by atoms with Crippen LogP contribution in [0.4, 0.5) is 0 Å². The Morgan fingerprint density at radius 3 is 2.75 bits per heavy atom. The van der Waals surface area contributed by atoms with Crippen molar-refractivity contribution in [2.75, 3.05) is 6.61 Å². The van der Waals surface area contributed by atoms with Crippen molar-refractivity contribution < 1.29 is 9.53 Å². The molecule has 0 amide bonds. The highest BCUT2D eigenvalue weighted by molar-refractivity contribution is 5.87. The smallest absolute Gasteiger partial charge is 0.204 e. The van der Waals surface area contributed by atoms with Crippen LogP contribution in [0.5, 0.6) is 5.75 Å². The van der Waals surface area contributed by atoms with E-state index in [2.05, 4.69) is 20.6 Å². The number of carbonyl (C=O) groups is 1. The number of Topliss-reactive ketones (excluding diaryl/α,β-unsaturated/α-hetero) is 1. The number of hydrogen-bond acceptors (Lipinski definition) is 5. The third kappa shape index (κ3) is 2.49. The summed E-state index contributed by atoms with van der Waals surface area (Å²) >= 11 is 0. The standard InChI is InChI=1S/C14H12N4O2/c1-9(19)8-20-13-5-4-10-6-12(3-2-11(10)7-13)14-15-17-18-16-14/h2-7H,8H2,1H3,(H,15,16,17,18). The fourth-order valence-corrected chi connectivity index (χ4v) is 1.92. The molecule has 0 aliphatic carbocycles. The van der Waals surface area contributed by atoms with Crippen molar-refractivity contribution in [3.8, 4) is 17.1 Å². The van der Waals surface area contributed by atoms with E-state index in [1.165, 1.54) is 6.92 Å². The van der Waals surface area contributed by atoms with Gasteiger partial charge in [-0.2, -0.15) is 5.21 Å². The molecule has 0 unspecified atom stereocenters. The third-order valence-electron chi connectivity index (χ3n) is 2.86. The highest BCUT2D eigenvalue weighted by Crippen LogP contribution is 2.25. The van der Waals surface area contributed by atoms with Crippen LogP contribution < -0.4 is 4.74 Å². The van der Waals surface area contributed by atoms with Gasteiger partial charge in [0.15, 0.2) is 5.78 Å². The molecule has 0 spiro atoms. The minimum atomic E-state index is -0.00227. The lowest BCUT2D eigenvalue weighted by molar-refractivity contribution is -0.118. The van der Waals surface area contributed by atoms with Crippen molar-refractivity contribution in [2.45, 2.75) is 6.92 Å². The average Bonchev–Trinajstić information content (AvgIpc) is 2.98. The highest BCUT2D eigenvalue weighted by atomic mass is 16.5. The van der Waals surface area contributed by atoms with Gasteiger partial charge >= 0.3 is 0 Å². The molecule has 1 N–H and O–H groups in total. The number of H-pyrrole nitrogens is 1. The molecule has 3 rings (SSSR count). The average molecular weight is 268 g/mol. The number of hydrogen-bond donors (Lipinski definition) is 1. The minimum absolute atomic E-state index is 0.00227. The first kappa shape index (κ1) is 12.3. The molecule has 0 bridgehead atoms. The lowest BCUT2D eigenvalue weighted by Crippen LogP contribution is -2.06. The zero-order chi connectivity index (χ0) is 13.9. The first-order valence-electron chi connectivity index (χ1n) is 6.12. The Balaban J connectivity index is 1.93. The van der Waals surface area contributed by atoms with E-state index in [1.807, 2.05) is 36.4 Å². The van der Waals surface area contributed by atoms with E-state index in [-0.39, 0.29) is 12.4 Å². The molecule has 20 heavy (non-hydrogen) atoms. The second-order valence-electron chi connectivity index (χ2n) is 4.45. The molecular weight excluding hydrogens is 256 g/mol. The molecule has 0 saturated carbocycles. The number of benzene rings is 2. The Morgan fingerprint density at radius 1 is 1.20 bits per heavy atom. The van der Waals surface area contributed by atoms with E-state index in [4.69, 9.17) is 4.74 Å². The van der Waals surface area contributed by atoms with Gasteiger partial charge in [-0.25, -0.2) is 0 Å². The highest BCUT2D eigenvalue weighted by Gasteiger charge is 2.05. The van der Waals surface area contributed by atoms with Crippen LogP contribution in [0.2, 0.25) is 0 Å². The fraction of sp³-hybridized carbons (Fsp3) is 0.143. The topological polar surface area (TPSA) is 80.8 Å². The minimum Gasteiger partial charge on any atom is -0.486 e. The van der Waals surface area contributed by atoms with Crippen LogP contribution in [0.25, 0.3) is 22.2 Å². The first-order valence-corrected chi connectivity index (χ1v) is 6.12. The predicted octanol–water partition coefficient (Wildman–Crippen LogP) is 1.99. The molecule has 1 aromatic heterocycles. The molecule has 100 valence electrons. The van der Waals surface area contributed by atoms with Gasteiger partial charge in [-0.05, 0) is 41.1 Å². The lowest BCUT2D eigenvalue weighted by Gasteiger charge is -2.06. The van der Waals surface area contributed by atoms with Crippen molar-refractivity contribution in [3.05, 3.63) is 36.4 Å². The second kappa shape index (κ2) is 5.08. The Hall–Kier alpha value is -2.76. The van der Waals surface area contributed by atoms with Crippen LogP contribution in [0.1, 0.15) is 6.92 Å². The number of nitrogens with zero attached hydrogens (tertiary/aromatic N) is 3. The summed E-state index contributed by atoms with van der Waals surface area (Å²) in [7, 11) is 0. The molecule has 3 aromatic rings. The number of ketones is 1. The zero-order valence-corrected chi connectivity index (χ0v) is 10.8.